The second kappa shape index (κ2) is 5.66. The Morgan fingerprint density at radius 3 is 2.83 bits per heavy atom. The number of rotatable bonds is 5. The number of ether oxygens (including phenoxy) is 1. The maximum atomic E-state index is 10.8. The fourth-order valence-electron chi connectivity index (χ4n) is 2.11. The zero-order valence-electron chi connectivity index (χ0n) is 10.4. The van der Waals surface area contributed by atoms with Crippen LogP contribution in [0.3, 0.4) is 0 Å². The molecule has 0 saturated heterocycles. The molecule has 0 aliphatic heterocycles. The average Bonchev–Trinajstić information content (AvgIpc) is 2.82. The van der Waals surface area contributed by atoms with Crippen LogP contribution in [0.1, 0.15) is 32.6 Å². The summed E-state index contributed by atoms with van der Waals surface area (Å²) in [7, 11) is 0. The molecule has 98 valence electrons. The Morgan fingerprint density at radius 2 is 2.22 bits per heavy atom. The summed E-state index contributed by atoms with van der Waals surface area (Å²) in [6.07, 6.45) is 4.45. The van der Waals surface area contributed by atoms with Gasteiger partial charge in [0.05, 0.1) is 17.1 Å². The predicted octanol–water partition coefficient (Wildman–Crippen LogP) is 2.74. The highest BCUT2D eigenvalue weighted by Crippen LogP contribution is 2.27. The van der Waals surface area contributed by atoms with Crippen LogP contribution in [0.2, 0.25) is 0 Å². The molecule has 1 aromatic heterocycles. The third kappa shape index (κ3) is 3.09. The molecule has 1 fully saturated rings. The molecule has 0 bridgehead atoms. The minimum Gasteiger partial charge on any atom is -0.474 e. The van der Waals surface area contributed by atoms with Crippen LogP contribution in [0.25, 0.3) is 0 Å². The van der Waals surface area contributed by atoms with Gasteiger partial charge in [-0.2, -0.15) is 4.98 Å². The SMILES string of the molecule is CCNc1cc([N+](=O)[O-])cc(OC2CCCC2)n1. The standard InChI is InChI=1S/C12H17N3O3/c1-2-13-11-7-9(15(16)17)8-12(14-11)18-10-5-3-4-6-10/h7-8,10H,2-6H2,1H3,(H,13,14). The fraction of sp³-hybridized carbons (Fsp3) is 0.583. The van der Waals surface area contributed by atoms with E-state index in [1.807, 2.05) is 6.92 Å². The zero-order chi connectivity index (χ0) is 13.0. The van der Waals surface area contributed by atoms with Gasteiger partial charge in [-0.3, -0.25) is 10.1 Å². The highest BCUT2D eigenvalue weighted by molar-refractivity contribution is 5.48. The molecule has 1 saturated carbocycles. The Hall–Kier alpha value is -1.85. The van der Waals surface area contributed by atoms with Gasteiger partial charge in [0.1, 0.15) is 11.9 Å². The van der Waals surface area contributed by atoms with Crippen molar-refractivity contribution in [2.75, 3.05) is 11.9 Å². The molecule has 6 heteroatoms. The van der Waals surface area contributed by atoms with Gasteiger partial charge in [-0.25, -0.2) is 0 Å². The van der Waals surface area contributed by atoms with Gasteiger partial charge in [0, 0.05) is 6.54 Å². The van der Waals surface area contributed by atoms with Gasteiger partial charge in [-0.05, 0) is 32.6 Å². The summed E-state index contributed by atoms with van der Waals surface area (Å²) >= 11 is 0. The van der Waals surface area contributed by atoms with Crippen LogP contribution in [0.5, 0.6) is 5.88 Å². The quantitative estimate of drug-likeness (QED) is 0.643. The molecule has 0 aromatic carbocycles. The number of nitrogens with zero attached hydrogens (tertiary/aromatic N) is 2. The van der Waals surface area contributed by atoms with Crippen molar-refractivity contribution in [3.8, 4) is 5.88 Å². The third-order valence-electron chi connectivity index (χ3n) is 2.94. The number of aromatic nitrogens is 1. The van der Waals surface area contributed by atoms with E-state index in [1.54, 1.807) is 0 Å². The van der Waals surface area contributed by atoms with Crippen molar-refractivity contribution in [1.29, 1.82) is 0 Å². The number of nitrogens with one attached hydrogen (secondary N) is 1. The van der Waals surface area contributed by atoms with Crippen molar-refractivity contribution in [3.05, 3.63) is 22.2 Å². The lowest BCUT2D eigenvalue weighted by molar-refractivity contribution is -0.384. The summed E-state index contributed by atoms with van der Waals surface area (Å²) in [6.45, 7) is 2.58. The zero-order valence-corrected chi connectivity index (χ0v) is 10.4. The molecule has 6 nitrogen and oxygen atoms in total. The van der Waals surface area contributed by atoms with Gasteiger partial charge in [0.2, 0.25) is 5.88 Å². The van der Waals surface area contributed by atoms with Crippen molar-refractivity contribution >= 4 is 11.5 Å². The van der Waals surface area contributed by atoms with Gasteiger partial charge in [-0.15, -0.1) is 0 Å². The molecule has 1 N–H and O–H groups in total. The van der Waals surface area contributed by atoms with Gasteiger partial charge < -0.3 is 10.1 Å². The van der Waals surface area contributed by atoms with E-state index < -0.39 is 4.92 Å². The van der Waals surface area contributed by atoms with E-state index in [-0.39, 0.29) is 11.8 Å². The molecule has 0 atom stereocenters. The summed E-state index contributed by atoms with van der Waals surface area (Å²) in [6, 6.07) is 2.81. The van der Waals surface area contributed by atoms with Crippen LogP contribution in [-0.4, -0.2) is 22.6 Å². The first-order valence-corrected chi connectivity index (χ1v) is 6.26. The van der Waals surface area contributed by atoms with Crippen molar-refractivity contribution in [2.45, 2.75) is 38.7 Å². The van der Waals surface area contributed by atoms with Gasteiger partial charge in [0.15, 0.2) is 0 Å². The summed E-state index contributed by atoms with van der Waals surface area (Å²) in [5.41, 5.74) is 0.00828. The largest absolute Gasteiger partial charge is 0.474 e. The lowest BCUT2D eigenvalue weighted by Gasteiger charge is -2.13. The van der Waals surface area contributed by atoms with E-state index in [1.165, 1.54) is 12.1 Å². The predicted molar refractivity (Wildman–Crippen MR) is 67.9 cm³/mol. The molecule has 0 radical (unpaired) electrons. The molecule has 0 unspecified atom stereocenters. The smallest absolute Gasteiger partial charge is 0.278 e. The number of anilines is 1. The molecule has 18 heavy (non-hydrogen) atoms. The Bertz CT molecular complexity index is 431. The molecule has 1 aliphatic carbocycles. The summed E-state index contributed by atoms with van der Waals surface area (Å²) < 4.78 is 5.70. The van der Waals surface area contributed by atoms with Gasteiger partial charge in [0.25, 0.3) is 5.69 Å². The highest BCUT2D eigenvalue weighted by Gasteiger charge is 2.19. The average molecular weight is 251 g/mol. The van der Waals surface area contributed by atoms with E-state index in [4.69, 9.17) is 4.74 Å². The molecular formula is C12H17N3O3. The number of hydrogen-bond donors (Lipinski definition) is 1. The lowest BCUT2D eigenvalue weighted by atomic mass is 10.3. The van der Waals surface area contributed by atoms with Crippen LogP contribution in [0, 0.1) is 10.1 Å². The first-order chi connectivity index (χ1) is 8.69. The van der Waals surface area contributed by atoms with Crippen LogP contribution in [0.4, 0.5) is 11.5 Å². The molecule has 1 aliphatic rings. The number of pyridine rings is 1. The van der Waals surface area contributed by atoms with Crippen LogP contribution >= 0.6 is 0 Å². The summed E-state index contributed by atoms with van der Waals surface area (Å²) in [5, 5.41) is 13.8. The van der Waals surface area contributed by atoms with Crippen molar-refractivity contribution in [2.24, 2.45) is 0 Å². The Kier molecular flexibility index (Phi) is 3.96. The van der Waals surface area contributed by atoms with Crippen LogP contribution in [-0.2, 0) is 0 Å². The Labute approximate surface area is 106 Å². The van der Waals surface area contributed by atoms with Gasteiger partial charge in [-0.1, -0.05) is 0 Å². The van der Waals surface area contributed by atoms with Crippen LogP contribution < -0.4 is 10.1 Å². The van der Waals surface area contributed by atoms with E-state index >= 15 is 0 Å². The van der Waals surface area contributed by atoms with E-state index in [9.17, 15) is 10.1 Å². The molecule has 0 amide bonds. The van der Waals surface area contributed by atoms with E-state index in [2.05, 4.69) is 10.3 Å². The normalized spacial score (nSPS) is 15.6. The minimum atomic E-state index is -0.427. The second-order valence-corrected chi connectivity index (χ2v) is 4.36. The summed E-state index contributed by atoms with van der Waals surface area (Å²) in [5.74, 6) is 0.826. The van der Waals surface area contributed by atoms with E-state index in [0.717, 1.165) is 25.7 Å². The molecule has 2 rings (SSSR count). The maximum Gasteiger partial charge on any atom is 0.278 e. The fourth-order valence-corrected chi connectivity index (χ4v) is 2.11. The molecule has 0 spiro atoms. The summed E-state index contributed by atoms with van der Waals surface area (Å²) in [4.78, 5) is 14.6. The van der Waals surface area contributed by atoms with Crippen molar-refractivity contribution in [3.63, 3.8) is 0 Å². The first kappa shape index (κ1) is 12.6. The monoisotopic (exact) mass is 251 g/mol. The minimum absolute atomic E-state index is 0.00828. The first-order valence-electron chi connectivity index (χ1n) is 6.26. The van der Waals surface area contributed by atoms with Crippen LogP contribution in [0.15, 0.2) is 12.1 Å². The molecule has 1 aromatic rings. The second-order valence-electron chi connectivity index (χ2n) is 4.36. The Balaban J connectivity index is 2.18. The number of hydrogen-bond acceptors (Lipinski definition) is 5. The molecule has 1 heterocycles. The lowest BCUT2D eigenvalue weighted by Crippen LogP contribution is -2.12. The van der Waals surface area contributed by atoms with E-state index in [0.29, 0.717) is 18.2 Å². The number of nitro groups is 1. The topological polar surface area (TPSA) is 77.3 Å². The third-order valence-corrected chi connectivity index (χ3v) is 2.94. The van der Waals surface area contributed by atoms with Crippen molar-refractivity contribution in [1.82, 2.24) is 4.98 Å². The maximum absolute atomic E-state index is 10.8. The van der Waals surface area contributed by atoms with Crippen molar-refractivity contribution < 1.29 is 9.66 Å². The highest BCUT2D eigenvalue weighted by atomic mass is 16.6. The van der Waals surface area contributed by atoms with Gasteiger partial charge >= 0.3 is 0 Å². The Morgan fingerprint density at radius 1 is 1.50 bits per heavy atom. The molecular weight excluding hydrogens is 234 g/mol.